The number of hydrogen-bond acceptors (Lipinski definition) is 4. The summed E-state index contributed by atoms with van der Waals surface area (Å²) in [6, 6.07) is 2.92. The maximum Gasteiger partial charge on any atom is 0.294 e. The van der Waals surface area contributed by atoms with Crippen molar-refractivity contribution in [3.05, 3.63) is 27.8 Å². The van der Waals surface area contributed by atoms with Crippen molar-refractivity contribution in [3.63, 3.8) is 0 Å². The second-order valence-electron chi connectivity index (χ2n) is 2.49. The lowest BCUT2D eigenvalue weighted by atomic mass is 10.1. The lowest BCUT2D eigenvalue weighted by molar-refractivity contribution is -0.383. The van der Waals surface area contributed by atoms with Gasteiger partial charge in [0.25, 0.3) is 5.69 Å². The minimum atomic E-state index is -0.550. The standard InChI is InChI=1S/C7H9N3O2/c1-4-2-3-5(10(11)12)7(9)6(4)8/h2-3H,8-9H2,1H3. The summed E-state index contributed by atoms with van der Waals surface area (Å²) < 4.78 is 0. The van der Waals surface area contributed by atoms with Crippen LogP contribution >= 0.6 is 0 Å². The molecule has 0 saturated carbocycles. The lowest BCUT2D eigenvalue weighted by Gasteiger charge is -2.03. The van der Waals surface area contributed by atoms with E-state index in [2.05, 4.69) is 0 Å². The summed E-state index contributed by atoms with van der Waals surface area (Å²) in [5, 5.41) is 10.4. The molecule has 12 heavy (non-hydrogen) atoms. The van der Waals surface area contributed by atoms with Gasteiger partial charge in [-0.15, -0.1) is 0 Å². The maximum absolute atomic E-state index is 10.4. The van der Waals surface area contributed by atoms with Crippen LogP contribution in [0.5, 0.6) is 0 Å². The third-order valence-corrected chi connectivity index (χ3v) is 1.68. The van der Waals surface area contributed by atoms with E-state index in [0.717, 1.165) is 5.56 Å². The second-order valence-corrected chi connectivity index (χ2v) is 2.49. The first-order chi connectivity index (χ1) is 5.54. The summed E-state index contributed by atoms with van der Waals surface area (Å²) in [6.07, 6.45) is 0. The van der Waals surface area contributed by atoms with Gasteiger partial charge in [0.1, 0.15) is 5.69 Å². The van der Waals surface area contributed by atoms with Gasteiger partial charge in [-0.2, -0.15) is 0 Å². The molecule has 1 rings (SSSR count). The molecule has 5 heteroatoms. The minimum absolute atomic E-state index is 0.0417. The van der Waals surface area contributed by atoms with Gasteiger partial charge in [-0.05, 0) is 12.5 Å². The van der Waals surface area contributed by atoms with Gasteiger partial charge in [-0.25, -0.2) is 0 Å². The fourth-order valence-corrected chi connectivity index (χ4v) is 0.893. The van der Waals surface area contributed by atoms with Crippen LogP contribution in [0.3, 0.4) is 0 Å². The molecule has 0 aliphatic carbocycles. The van der Waals surface area contributed by atoms with Crippen molar-refractivity contribution in [2.45, 2.75) is 6.92 Å². The zero-order chi connectivity index (χ0) is 9.30. The average molecular weight is 167 g/mol. The van der Waals surface area contributed by atoms with E-state index in [1.165, 1.54) is 6.07 Å². The monoisotopic (exact) mass is 167 g/mol. The molecule has 0 aliphatic heterocycles. The minimum Gasteiger partial charge on any atom is -0.397 e. The molecule has 0 heterocycles. The van der Waals surface area contributed by atoms with E-state index in [-0.39, 0.29) is 17.1 Å². The molecule has 64 valence electrons. The Morgan fingerprint density at radius 3 is 2.42 bits per heavy atom. The van der Waals surface area contributed by atoms with Crippen LogP contribution in [0, 0.1) is 17.0 Å². The first-order valence-electron chi connectivity index (χ1n) is 3.33. The van der Waals surface area contributed by atoms with Gasteiger partial charge in [-0.3, -0.25) is 10.1 Å². The van der Waals surface area contributed by atoms with Gasteiger partial charge >= 0.3 is 0 Å². The fraction of sp³-hybridized carbons (Fsp3) is 0.143. The van der Waals surface area contributed by atoms with E-state index in [1.54, 1.807) is 13.0 Å². The Morgan fingerprint density at radius 2 is 1.92 bits per heavy atom. The van der Waals surface area contributed by atoms with Crippen LogP contribution < -0.4 is 11.5 Å². The van der Waals surface area contributed by atoms with E-state index in [1.807, 2.05) is 0 Å². The molecule has 0 amide bonds. The Hall–Kier alpha value is -1.78. The molecule has 1 aromatic rings. The molecule has 0 bridgehead atoms. The van der Waals surface area contributed by atoms with Crippen molar-refractivity contribution >= 4 is 17.1 Å². The Balaban J connectivity index is 3.36. The number of benzene rings is 1. The van der Waals surface area contributed by atoms with Gasteiger partial charge < -0.3 is 11.5 Å². The van der Waals surface area contributed by atoms with Crippen LogP contribution in [0.1, 0.15) is 5.56 Å². The van der Waals surface area contributed by atoms with Crippen molar-refractivity contribution in [3.8, 4) is 0 Å². The highest BCUT2D eigenvalue weighted by atomic mass is 16.6. The highest BCUT2D eigenvalue weighted by molar-refractivity contribution is 5.76. The highest BCUT2D eigenvalue weighted by Gasteiger charge is 2.13. The quantitative estimate of drug-likeness (QED) is 0.371. The number of nitrogens with zero attached hydrogens (tertiary/aromatic N) is 1. The van der Waals surface area contributed by atoms with Crippen LogP contribution in [0.2, 0.25) is 0 Å². The van der Waals surface area contributed by atoms with E-state index in [4.69, 9.17) is 11.5 Å². The van der Waals surface area contributed by atoms with Crippen molar-refractivity contribution in [2.75, 3.05) is 11.5 Å². The zero-order valence-corrected chi connectivity index (χ0v) is 6.57. The maximum atomic E-state index is 10.4. The number of nitrogens with two attached hydrogens (primary N) is 2. The number of anilines is 2. The summed E-state index contributed by atoms with van der Waals surface area (Å²) in [5.41, 5.74) is 11.8. The molecule has 0 radical (unpaired) electrons. The molecule has 1 aromatic carbocycles. The molecule has 0 spiro atoms. The molecule has 4 N–H and O–H groups in total. The first-order valence-corrected chi connectivity index (χ1v) is 3.33. The predicted octanol–water partition coefficient (Wildman–Crippen LogP) is 1.07. The largest absolute Gasteiger partial charge is 0.397 e. The van der Waals surface area contributed by atoms with Crippen LogP contribution in [-0.2, 0) is 0 Å². The number of aryl methyl sites for hydroxylation is 1. The second kappa shape index (κ2) is 2.69. The molecular formula is C7H9N3O2. The van der Waals surface area contributed by atoms with Crippen molar-refractivity contribution in [1.82, 2.24) is 0 Å². The molecule has 0 atom stereocenters. The predicted molar refractivity (Wildman–Crippen MR) is 46.7 cm³/mol. The number of nitrogen functional groups attached to an aromatic ring is 2. The molecule has 0 aliphatic rings. The van der Waals surface area contributed by atoms with Crippen LogP contribution in [0.15, 0.2) is 12.1 Å². The van der Waals surface area contributed by atoms with Gasteiger partial charge in [-0.1, -0.05) is 6.07 Å². The van der Waals surface area contributed by atoms with E-state index in [9.17, 15) is 10.1 Å². The fourth-order valence-electron chi connectivity index (χ4n) is 0.893. The molecular weight excluding hydrogens is 158 g/mol. The van der Waals surface area contributed by atoms with Gasteiger partial charge in [0, 0.05) is 6.07 Å². The van der Waals surface area contributed by atoms with Crippen LogP contribution in [-0.4, -0.2) is 4.92 Å². The summed E-state index contributed by atoms with van der Waals surface area (Å²) in [6.45, 7) is 1.75. The third-order valence-electron chi connectivity index (χ3n) is 1.68. The normalized spacial score (nSPS) is 9.75. The molecule has 0 fully saturated rings. The average Bonchev–Trinajstić information content (AvgIpc) is 2.00. The van der Waals surface area contributed by atoms with Gasteiger partial charge in [0.2, 0.25) is 0 Å². The van der Waals surface area contributed by atoms with Crippen LogP contribution in [0.25, 0.3) is 0 Å². The number of rotatable bonds is 1. The van der Waals surface area contributed by atoms with Gasteiger partial charge in [0.05, 0.1) is 10.6 Å². The number of nitro benzene ring substituents is 1. The van der Waals surface area contributed by atoms with Crippen molar-refractivity contribution in [2.24, 2.45) is 0 Å². The summed E-state index contributed by atoms with van der Waals surface area (Å²) in [7, 11) is 0. The summed E-state index contributed by atoms with van der Waals surface area (Å²) in [4.78, 5) is 9.80. The molecule has 0 aromatic heterocycles. The summed E-state index contributed by atoms with van der Waals surface area (Å²) in [5.74, 6) is 0. The van der Waals surface area contributed by atoms with E-state index >= 15 is 0 Å². The Morgan fingerprint density at radius 1 is 1.33 bits per heavy atom. The Kier molecular flexibility index (Phi) is 1.86. The van der Waals surface area contributed by atoms with Crippen molar-refractivity contribution in [1.29, 1.82) is 0 Å². The van der Waals surface area contributed by atoms with Crippen molar-refractivity contribution < 1.29 is 4.92 Å². The topological polar surface area (TPSA) is 95.2 Å². The van der Waals surface area contributed by atoms with E-state index < -0.39 is 4.92 Å². The Labute approximate surface area is 69.1 Å². The molecule has 0 saturated heterocycles. The first kappa shape index (κ1) is 8.32. The van der Waals surface area contributed by atoms with Gasteiger partial charge in [0.15, 0.2) is 0 Å². The van der Waals surface area contributed by atoms with E-state index in [0.29, 0.717) is 0 Å². The number of nitro groups is 1. The smallest absolute Gasteiger partial charge is 0.294 e. The Bertz CT molecular complexity index is 336. The highest BCUT2D eigenvalue weighted by Crippen LogP contribution is 2.29. The third kappa shape index (κ3) is 1.16. The summed E-state index contributed by atoms with van der Waals surface area (Å²) >= 11 is 0. The molecule has 5 nitrogen and oxygen atoms in total. The number of hydrogen-bond donors (Lipinski definition) is 2. The zero-order valence-electron chi connectivity index (χ0n) is 6.57. The van der Waals surface area contributed by atoms with Crippen LogP contribution in [0.4, 0.5) is 17.1 Å². The lowest BCUT2D eigenvalue weighted by Crippen LogP contribution is -2.01. The SMILES string of the molecule is Cc1ccc([N+](=O)[O-])c(N)c1N. The molecule has 0 unspecified atom stereocenters.